The molecular formula is C23H22F3N7O. The van der Waals surface area contributed by atoms with Crippen LogP contribution < -0.4 is 5.32 Å². The van der Waals surface area contributed by atoms with Gasteiger partial charge in [0, 0.05) is 18.3 Å². The number of carbonyl (C=O) groups excluding carboxylic acids is 1. The Morgan fingerprint density at radius 1 is 1.24 bits per heavy atom. The Hall–Kier alpha value is -3.76. The maximum absolute atomic E-state index is 13.2. The third-order valence-electron chi connectivity index (χ3n) is 6.02. The normalized spacial score (nSPS) is 19.1. The Labute approximate surface area is 193 Å². The summed E-state index contributed by atoms with van der Waals surface area (Å²) in [6, 6.07) is 1.27. The van der Waals surface area contributed by atoms with Crippen LogP contribution in [0.5, 0.6) is 0 Å². The average Bonchev–Trinajstić information content (AvgIpc) is 3.34. The van der Waals surface area contributed by atoms with Gasteiger partial charge in [-0.3, -0.25) is 9.78 Å². The first-order valence-electron chi connectivity index (χ1n) is 10.9. The Morgan fingerprint density at radius 3 is 2.82 bits per heavy atom. The predicted octanol–water partition coefficient (Wildman–Crippen LogP) is 4.00. The Morgan fingerprint density at radius 2 is 2.06 bits per heavy atom. The van der Waals surface area contributed by atoms with Crippen molar-refractivity contribution in [2.75, 3.05) is 0 Å². The molecule has 2 atom stereocenters. The molecule has 0 saturated heterocycles. The van der Waals surface area contributed by atoms with Crippen molar-refractivity contribution >= 4 is 11.5 Å². The minimum absolute atomic E-state index is 0.125. The van der Waals surface area contributed by atoms with Crippen molar-refractivity contribution in [1.29, 1.82) is 0 Å². The SMILES string of the molecule is C[C@H](n1cnnc1C1=CC=CC(NC(=O)c2cc(-n3cnc(C4CC4)c3)ccn2)C1)C(F)(F)F. The van der Waals surface area contributed by atoms with Gasteiger partial charge in [0.1, 0.15) is 18.1 Å². The molecule has 5 rings (SSSR count). The van der Waals surface area contributed by atoms with Crippen LogP contribution in [0.3, 0.4) is 0 Å². The van der Waals surface area contributed by atoms with E-state index in [-0.39, 0.29) is 23.8 Å². The maximum atomic E-state index is 13.2. The van der Waals surface area contributed by atoms with Gasteiger partial charge in [0.05, 0.1) is 23.8 Å². The fourth-order valence-electron chi connectivity index (χ4n) is 3.87. The van der Waals surface area contributed by atoms with Crippen LogP contribution in [0.2, 0.25) is 0 Å². The average molecular weight is 469 g/mol. The number of nitrogens with zero attached hydrogens (tertiary/aromatic N) is 6. The zero-order valence-corrected chi connectivity index (χ0v) is 18.3. The van der Waals surface area contributed by atoms with E-state index in [0.717, 1.165) is 42.0 Å². The van der Waals surface area contributed by atoms with Gasteiger partial charge in [0.15, 0.2) is 5.82 Å². The number of carbonyl (C=O) groups is 1. The lowest BCUT2D eigenvalue weighted by Gasteiger charge is -2.22. The molecule has 2 aliphatic carbocycles. The van der Waals surface area contributed by atoms with Crippen LogP contribution in [0.4, 0.5) is 13.2 Å². The largest absolute Gasteiger partial charge is 0.408 e. The van der Waals surface area contributed by atoms with Gasteiger partial charge >= 0.3 is 6.18 Å². The summed E-state index contributed by atoms with van der Waals surface area (Å²) < 4.78 is 42.5. The van der Waals surface area contributed by atoms with Crippen molar-refractivity contribution in [1.82, 2.24) is 34.6 Å². The number of aromatic nitrogens is 6. The molecule has 176 valence electrons. The van der Waals surface area contributed by atoms with Gasteiger partial charge in [-0.15, -0.1) is 10.2 Å². The number of allylic oxidation sites excluding steroid dienone is 2. The lowest BCUT2D eigenvalue weighted by Crippen LogP contribution is -2.35. The molecule has 0 aromatic carbocycles. The first-order valence-corrected chi connectivity index (χ1v) is 10.9. The highest BCUT2D eigenvalue weighted by Crippen LogP contribution is 2.39. The second-order valence-electron chi connectivity index (χ2n) is 8.52. The molecule has 0 spiro atoms. The monoisotopic (exact) mass is 469 g/mol. The molecule has 8 nitrogen and oxygen atoms in total. The molecule has 3 aromatic rings. The summed E-state index contributed by atoms with van der Waals surface area (Å²) in [5.41, 5.74) is 2.60. The molecule has 1 N–H and O–H groups in total. The molecule has 0 bridgehead atoms. The van der Waals surface area contributed by atoms with Gasteiger partial charge in [0.25, 0.3) is 5.91 Å². The van der Waals surface area contributed by atoms with Gasteiger partial charge in [-0.05, 0) is 43.9 Å². The van der Waals surface area contributed by atoms with Crippen LogP contribution in [0.1, 0.15) is 60.2 Å². The van der Waals surface area contributed by atoms with Gasteiger partial charge in [-0.1, -0.05) is 18.2 Å². The van der Waals surface area contributed by atoms with E-state index in [2.05, 4.69) is 25.5 Å². The topological polar surface area (TPSA) is 90.5 Å². The number of imidazole rings is 1. The third-order valence-corrected chi connectivity index (χ3v) is 6.02. The van der Waals surface area contributed by atoms with Crippen LogP contribution in [-0.2, 0) is 0 Å². The second-order valence-corrected chi connectivity index (χ2v) is 8.52. The zero-order valence-electron chi connectivity index (χ0n) is 18.3. The molecule has 1 saturated carbocycles. The highest BCUT2D eigenvalue weighted by molar-refractivity contribution is 5.93. The molecule has 1 amide bonds. The van der Waals surface area contributed by atoms with Crippen LogP contribution >= 0.6 is 0 Å². The molecular weight excluding hydrogens is 447 g/mol. The molecule has 1 unspecified atom stereocenters. The van der Waals surface area contributed by atoms with Crippen LogP contribution in [0.25, 0.3) is 11.3 Å². The minimum Gasteiger partial charge on any atom is -0.344 e. The Balaban J connectivity index is 1.28. The lowest BCUT2D eigenvalue weighted by molar-refractivity contribution is -0.163. The highest BCUT2D eigenvalue weighted by atomic mass is 19.4. The highest BCUT2D eigenvalue weighted by Gasteiger charge is 2.39. The molecule has 3 heterocycles. The quantitative estimate of drug-likeness (QED) is 0.589. The zero-order chi connectivity index (χ0) is 23.9. The Bertz CT molecular complexity index is 1270. The molecule has 34 heavy (non-hydrogen) atoms. The molecule has 11 heteroatoms. The molecule has 2 aliphatic rings. The summed E-state index contributed by atoms with van der Waals surface area (Å²) in [7, 11) is 0. The van der Waals surface area contributed by atoms with Crippen LogP contribution in [0, 0.1) is 0 Å². The third kappa shape index (κ3) is 4.50. The number of pyridine rings is 1. The number of halogens is 3. The maximum Gasteiger partial charge on any atom is 0.408 e. The number of hydrogen-bond donors (Lipinski definition) is 1. The first-order chi connectivity index (χ1) is 16.3. The van der Waals surface area contributed by atoms with E-state index in [4.69, 9.17) is 0 Å². The van der Waals surface area contributed by atoms with Crippen LogP contribution in [-0.4, -0.2) is 47.4 Å². The molecule has 1 fully saturated rings. The summed E-state index contributed by atoms with van der Waals surface area (Å²) >= 11 is 0. The van der Waals surface area contributed by atoms with Crippen molar-refractivity contribution in [3.05, 3.63) is 72.6 Å². The summed E-state index contributed by atoms with van der Waals surface area (Å²) in [4.78, 5) is 21.5. The van der Waals surface area contributed by atoms with Gasteiger partial charge < -0.3 is 14.5 Å². The number of nitrogens with one attached hydrogen (secondary N) is 1. The number of amides is 1. The molecule has 0 aliphatic heterocycles. The second kappa shape index (κ2) is 8.54. The van der Waals surface area contributed by atoms with Crippen LogP contribution in [0.15, 0.2) is 55.4 Å². The Kier molecular flexibility index (Phi) is 5.54. The number of rotatable bonds is 6. The van der Waals surface area contributed by atoms with E-state index in [0.29, 0.717) is 11.5 Å². The minimum atomic E-state index is -4.43. The van der Waals surface area contributed by atoms with E-state index in [1.165, 1.54) is 0 Å². The lowest BCUT2D eigenvalue weighted by atomic mass is 9.99. The van der Waals surface area contributed by atoms with E-state index >= 15 is 0 Å². The van der Waals surface area contributed by atoms with E-state index < -0.39 is 18.3 Å². The van der Waals surface area contributed by atoms with Crippen molar-refractivity contribution in [3.8, 4) is 5.69 Å². The smallest absolute Gasteiger partial charge is 0.344 e. The van der Waals surface area contributed by atoms with Crippen molar-refractivity contribution in [3.63, 3.8) is 0 Å². The predicted molar refractivity (Wildman–Crippen MR) is 117 cm³/mol. The molecule has 3 aromatic heterocycles. The fraction of sp³-hybridized carbons (Fsp3) is 0.348. The van der Waals surface area contributed by atoms with Gasteiger partial charge in [0.2, 0.25) is 0 Å². The summed E-state index contributed by atoms with van der Waals surface area (Å²) in [6.07, 6.45) is 9.62. The summed E-state index contributed by atoms with van der Waals surface area (Å²) in [5.74, 6) is 0.265. The molecule has 0 radical (unpaired) electrons. The van der Waals surface area contributed by atoms with E-state index in [9.17, 15) is 18.0 Å². The van der Waals surface area contributed by atoms with Gasteiger partial charge in [-0.25, -0.2) is 4.98 Å². The van der Waals surface area contributed by atoms with Crippen molar-refractivity contribution in [2.45, 2.75) is 50.4 Å². The van der Waals surface area contributed by atoms with Gasteiger partial charge in [-0.2, -0.15) is 13.2 Å². The van der Waals surface area contributed by atoms with E-state index in [1.54, 1.807) is 42.9 Å². The summed E-state index contributed by atoms with van der Waals surface area (Å²) in [5, 5.41) is 10.4. The first kappa shape index (κ1) is 22.1. The summed E-state index contributed by atoms with van der Waals surface area (Å²) in [6.45, 7) is 1.05. The fourth-order valence-corrected chi connectivity index (χ4v) is 3.87. The van der Waals surface area contributed by atoms with Crippen molar-refractivity contribution < 1.29 is 18.0 Å². The standard InChI is InChI=1S/C23H22F3N7O/c1-14(23(24,25)26)33-13-29-31-21(33)16-3-2-4-17(9-16)30-22(34)19-10-18(7-8-27-19)32-11-20(28-12-32)15-5-6-15/h2-4,7-8,10-15,17H,5-6,9H2,1H3,(H,30,34)/t14-,17?/m0/s1. The van der Waals surface area contributed by atoms with E-state index in [1.807, 2.05) is 10.8 Å². The number of hydrogen-bond acceptors (Lipinski definition) is 5. The number of alkyl halides is 3. The van der Waals surface area contributed by atoms with Crippen molar-refractivity contribution in [2.24, 2.45) is 0 Å².